The molecule has 6 atom stereocenters. The molecule has 4 heteroatoms. The summed E-state index contributed by atoms with van der Waals surface area (Å²) in [5.74, 6) is 1.70. The molecule has 0 aromatic rings. The maximum absolute atomic E-state index is 12.8. The van der Waals surface area contributed by atoms with E-state index in [1.807, 2.05) is 0 Å². The third-order valence-electron chi connectivity index (χ3n) is 8.12. The van der Waals surface area contributed by atoms with E-state index < -0.39 is 0 Å². The fourth-order valence-electron chi connectivity index (χ4n) is 7.43. The Kier molecular flexibility index (Phi) is 3.32. The number of fused-ring (bicyclic) bond motifs is 2. The number of piperidine rings is 1. The number of rotatable bonds is 2. The lowest BCUT2D eigenvalue weighted by atomic mass is 9.54. The van der Waals surface area contributed by atoms with Gasteiger partial charge in [0.25, 0.3) is 0 Å². The van der Waals surface area contributed by atoms with E-state index in [1.54, 1.807) is 7.11 Å². The smallest absolute Gasteiger partial charge is 0.335 e. The first-order valence-electron chi connectivity index (χ1n) is 10.1. The van der Waals surface area contributed by atoms with Gasteiger partial charge >= 0.3 is 5.97 Å². The molecule has 0 aromatic carbocycles. The molecule has 4 fully saturated rings. The van der Waals surface area contributed by atoms with E-state index in [-0.39, 0.29) is 11.4 Å². The molecular weight excluding hydrogens is 300 g/mol. The number of carbonyl (C=O) groups is 1. The van der Waals surface area contributed by atoms with Crippen LogP contribution in [-0.2, 0) is 9.53 Å². The van der Waals surface area contributed by atoms with E-state index >= 15 is 0 Å². The van der Waals surface area contributed by atoms with E-state index in [1.165, 1.54) is 57.3 Å². The standard InChI is InChI=1S/C20H30N2O2/c1-3-12-13-8-10-22-11-9-20(18(12)22)14-6-4-5-7-15(14)21-17(20)16(13)19(23)24-2/h12-15,18,21H,3-11H2,1-2H3. The average molecular weight is 330 g/mol. The minimum Gasteiger partial charge on any atom is -0.466 e. The zero-order valence-corrected chi connectivity index (χ0v) is 15.0. The molecule has 1 spiro atoms. The minimum atomic E-state index is -0.0576. The van der Waals surface area contributed by atoms with E-state index in [0.717, 1.165) is 17.9 Å². The molecule has 24 heavy (non-hydrogen) atoms. The summed E-state index contributed by atoms with van der Waals surface area (Å²) in [6.45, 7) is 4.71. The molecule has 2 bridgehead atoms. The van der Waals surface area contributed by atoms with E-state index in [0.29, 0.717) is 23.9 Å². The van der Waals surface area contributed by atoms with Crippen molar-refractivity contribution in [2.75, 3.05) is 20.2 Å². The predicted octanol–water partition coefficient (Wildman–Crippen LogP) is 2.70. The van der Waals surface area contributed by atoms with Gasteiger partial charge < -0.3 is 10.1 Å². The van der Waals surface area contributed by atoms with Gasteiger partial charge in [-0.2, -0.15) is 0 Å². The van der Waals surface area contributed by atoms with Crippen LogP contribution in [0, 0.1) is 23.2 Å². The average Bonchev–Trinajstić information content (AvgIpc) is 3.17. The highest BCUT2D eigenvalue weighted by molar-refractivity contribution is 5.91. The molecule has 2 aliphatic carbocycles. The van der Waals surface area contributed by atoms with Crippen molar-refractivity contribution in [2.45, 2.75) is 64.0 Å². The Morgan fingerprint density at radius 1 is 1.29 bits per heavy atom. The van der Waals surface area contributed by atoms with E-state index in [4.69, 9.17) is 4.74 Å². The second-order valence-electron chi connectivity index (χ2n) is 8.66. The molecule has 1 N–H and O–H groups in total. The van der Waals surface area contributed by atoms with Crippen molar-refractivity contribution < 1.29 is 9.53 Å². The molecule has 3 heterocycles. The van der Waals surface area contributed by atoms with Gasteiger partial charge in [0, 0.05) is 23.2 Å². The minimum absolute atomic E-state index is 0.0576. The first kappa shape index (κ1) is 15.2. The molecule has 3 aliphatic heterocycles. The van der Waals surface area contributed by atoms with Gasteiger partial charge in [-0.25, -0.2) is 4.79 Å². The summed E-state index contributed by atoms with van der Waals surface area (Å²) in [7, 11) is 1.56. The summed E-state index contributed by atoms with van der Waals surface area (Å²) in [6, 6.07) is 1.25. The largest absolute Gasteiger partial charge is 0.466 e. The van der Waals surface area contributed by atoms with Crippen molar-refractivity contribution >= 4 is 5.97 Å². The second-order valence-corrected chi connectivity index (χ2v) is 8.66. The van der Waals surface area contributed by atoms with Crippen LogP contribution in [0.1, 0.15) is 51.9 Å². The molecule has 6 unspecified atom stereocenters. The molecule has 5 aliphatic rings. The summed E-state index contributed by atoms with van der Waals surface area (Å²) < 4.78 is 5.29. The summed E-state index contributed by atoms with van der Waals surface area (Å²) in [4.78, 5) is 15.6. The van der Waals surface area contributed by atoms with Crippen molar-refractivity contribution in [1.29, 1.82) is 0 Å². The van der Waals surface area contributed by atoms with Gasteiger partial charge in [0.2, 0.25) is 0 Å². The quantitative estimate of drug-likeness (QED) is 0.791. The van der Waals surface area contributed by atoms with Gasteiger partial charge in [0.05, 0.1) is 12.7 Å². The first-order valence-corrected chi connectivity index (χ1v) is 10.1. The van der Waals surface area contributed by atoms with Gasteiger partial charge in [-0.05, 0) is 56.5 Å². The lowest BCUT2D eigenvalue weighted by Gasteiger charge is -2.54. The Balaban J connectivity index is 1.73. The highest BCUT2D eigenvalue weighted by atomic mass is 16.5. The van der Waals surface area contributed by atoms with Crippen LogP contribution < -0.4 is 5.32 Å². The molecule has 1 saturated carbocycles. The summed E-state index contributed by atoms with van der Waals surface area (Å²) in [5.41, 5.74) is 2.58. The zero-order chi connectivity index (χ0) is 16.5. The predicted molar refractivity (Wildman–Crippen MR) is 92.2 cm³/mol. The van der Waals surface area contributed by atoms with Crippen molar-refractivity contribution in [2.24, 2.45) is 23.2 Å². The van der Waals surface area contributed by atoms with Crippen LogP contribution in [0.2, 0.25) is 0 Å². The third kappa shape index (κ3) is 1.66. The Labute approximate surface area is 145 Å². The van der Waals surface area contributed by atoms with E-state index in [9.17, 15) is 4.79 Å². The molecule has 3 saturated heterocycles. The van der Waals surface area contributed by atoms with Crippen LogP contribution >= 0.6 is 0 Å². The fraction of sp³-hybridized carbons (Fsp3) is 0.850. The lowest BCUT2D eigenvalue weighted by Crippen LogP contribution is -2.58. The number of nitrogens with one attached hydrogen (secondary N) is 1. The molecule has 0 amide bonds. The maximum atomic E-state index is 12.8. The Morgan fingerprint density at radius 3 is 2.92 bits per heavy atom. The van der Waals surface area contributed by atoms with Crippen LogP contribution in [0.3, 0.4) is 0 Å². The van der Waals surface area contributed by atoms with Crippen LogP contribution in [0.4, 0.5) is 0 Å². The van der Waals surface area contributed by atoms with Gasteiger partial charge in [-0.15, -0.1) is 0 Å². The highest BCUT2D eigenvalue weighted by Gasteiger charge is 2.67. The van der Waals surface area contributed by atoms with Crippen molar-refractivity contribution in [1.82, 2.24) is 10.2 Å². The summed E-state index contributed by atoms with van der Waals surface area (Å²) >= 11 is 0. The number of hydrogen-bond acceptors (Lipinski definition) is 4. The van der Waals surface area contributed by atoms with Gasteiger partial charge in [-0.3, -0.25) is 4.90 Å². The van der Waals surface area contributed by atoms with Crippen LogP contribution in [0.15, 0.2) is 11.3 Å². The molecule has 132 valence electrons. The highest BCUT2D eigenvalue weighted by Crippen LogP contribution is 2.65. The summed E-state index contributed by atoms with van der Waals surface area (Å²) in [6.07, 6.45) is 8.84. The number of esters is 1. The first-order chi connectivity index (χ1) is 11.7. The number of carbonyl (C=O) groups excluding carboxylic acids is 1. The fourth-order valence-corrected chi connectivity index (χ4v) is 7.43. The summed E-state index contributed by atoms with van der Waals surface area (Å²) in [5, 5.41) is 3.90. The molecule has 4 nitrogen and oxygen atoms in total. The van der Waals surface area contributed by atoms with Gasteiger partial charge in [-0.1, -0.05) is 26.2 Å². The topological polar surface area (TPSA) is 41.6 Å². The van der Waals surface area contributed by atoms with Crippen LogP contribution in [-0.4, -0.2) is 43.2 Å². The normalized spacial score (nSPS) is 46.3. The molecular formula is C20H30N2O2. The zero-order valence-electron chi connectivity index (χ0n) is 15.0. The molecule has 0 radical (unpaired) electrons. The Bertz CT molecular complexity index is 600. The van der Waals surface area contributed by atoms with Crippen molar-refractivity contribution in [3.05, 3.63) is 11.3 Å². The molecule has 5 rings (SSSR count). The number of hydrogen-bond donors (Lipinski definition) is 1. The van der Waals surface area contributed by atoms with Gasteiger partial charge in [0.15, 0.2) is 0 Å². The van der Waals surface area contributed by atoms with Crippen LogP contribution in [0.5, 0.6) is 0 Å². The third-order valence-corrected chi connectivity index (χ3v) is 8.12. The Morgan fingerprint density at radius 2 is 2.12 bits per heavy atom. The van der Waals surface area contributed by atoms with Crippen LogP contribution in [0.25, 0.3) is 0 Å². The number of nitrogens with zero attached hydrogens (tertiary/aromatic N) is 1. The maximum Gasteiger partial charge on any atom is 0.335 e. The van der Waals surface area contributed by atoms with Crippen molar-refractivity contribution in [3.63, 3.8) is 0 Å². The van der Waals surface area contributed by atoms with Gasteiger partial charge in [0.1, 0.15) is 0 Å². The van der Waals surface area contributed by atoms with E-state index in [2.05, 4.69) is 17.1 Å². The Hall–Kier alpha value is -1.03. The molecule has 0 aromatic heterocycles. The number of methoxy groups -OCH3 is 1. The monoisotopic (exact) mass is 330 g/mol. The number of ether oxygens (including phenoxy) is 1. The van der Waals surface area contributed by atoms with Crippen molar-refractivity contribution in [3.8, 4) is 0 Å². The second kappa shape index (κ2) is 5.23. The SMILES string of the molecule is CCC1C2CCN3CCC4(C(=C2C(=O)OC)NC2CCCCC24)C13. The lowest BCUT2D eigenvalue weighted by molar-refractivity contribution is -0.138.